The first-order chi connectivity index (χ1) is 10.8. The first-order valence-electron chi connectivity index (χ1n) is 7.31. The van der Waals surface area contributed by atoms with Gasteiger partial charge in [-0.05, 0) is 49.7 Å². The first kappa shape index (κ1) is 15.2. The van der Waals surface area contributed by atoms with Crippen LogP contribution in [0.1, 0.15) is 29.8 Å². The summed E-state index contributed by atoms with van der Waals surface area (Å²) >= 11 is 0. The molecule has 1 N–H and O–H groups in total. The Hall–Kier alpha value is -2.69. The Morgan fingerprint density at radius 1 is 1.17 bits per heavy atom. The summed E-state index contributed by atoms with van der Waals surface area (Å²) in [5.41, 5.74) is 1.43. The molecule has 0 aromatic heterocycles. The predicted octanol–water partition coefficient (Wildman–Crippen LogP) is 3.33. The topological polar surface area (TPSA) is 49.4 Å². The Balaban J connectivity index is 1.94. The highest BCUT2D eigenvalue weighted by molar-refractivity contribution is 6.10. The highest BCUT2D eigenvalue weighted by Gasteiger charge is 2.42. The van der Waals surface area contributed by atoms with Gasteiger partial charge in [0, 0.05) is 18.3 Å². The molecule has 1 aliphatic heterocycles. The zero-order valence-corrected chi connectivity index (χ0v) is 13.2. The van der Waals surface area contributed by atoms with E-state index in [0.29, 0.717) is 5.56 Å². The van der Waals surface area contributed by atoms with E-state index in [1.54, 1.807) is 42.3 Å². The van der Waals surface area contributed by atoms with Gasteiger partial charge in [0.05, 0.1) is 11.1 Å². The van der Waals surface area contributed by atoms with Crippen molar-refractivity contribution in [2.75, 3.05) is 17.3 Å². The summed E-state index contributed by atoms with van der Waals surface area (Å²) in [6.45, 7) is 3.66. The fourth-order valence-corrected chi connectivity index (χ4v) is 2.87. The third-order valence-corrected chi connectivity index (χ3v) is 4.25. The van der Waals surface area contributed by atoms with Crippen molar-refractivity contribution in [2.24, 2.45) is 0 Å². The van der Waals surface area contributed by atoms with Crippen molar-refractivity contribution < 1.29 is 14.0 Å². The zero-order valence-electron chi connectivity index (χ0n) is 13.2. The molecule has 5 heteroatoms. The lowest BCUT2D eigenvalue weighted by molar-refractivity contribution is -0.121. The summed E-state index contributed by atoms with van der Waals surface area (Å²) in [4.78, 5) is 26.2. The summed E-state index contributed by atoms with van der Waals surface area (Å²) in [5.74, 6) is -0.910. The second-order valence-corrected chi connectivity index (χ2v) is 6.16. The molecule has 2 amide bonds. The smallest absolute Gasteiger partial charge is 0.255 e. The Labute approximate surface area is 133 Å². The summed E-state index contributed by atoms with van der Waals surface area (Å²) in [6.07, 6.45) is 0. The van der Waals surface area contributed by atoms with Gasteiger partial charge in [0.25, 0.3) is 5.91 Å². The minimum atomic E-state index is -0.682. The molecule has 0 unspecified atom stereocenters. The highest BCUT2D eigenvalue weighted by Crippen LogP contribution is 2.41. The second-order valence-electron chi connectivity index (χ2n) is 6.16. The van der Waals surface area contributed by atoms with Gasteiger partial charge in [-0.25, -0.2) is 4.39 Å². The van der Waals surface area contributed by atoms with Crippen molar-refractivity contribution in [1.82, 2.24) is 0 Å². The first-order valence-corrected chi connectivity index (χ1v) is 7.31. The number of benzene rings is 2. The van der Waals surface area contributed by atoms with Gasteiger partial charge in [0.2, 0.25) is 5.91 Å². The minimum Gasteiger partial charge on any atom is -0.319 e. The molecule has 0 saturated carbocycles. The van der Waals surface area contributed by atoms with Crippen molar-refractivity contribution in [1.29, 1.82) is 0 Å². The summed E-state index contributed by atoms with van der Waals surface area (Å²) < 4.78 is 13.6. The lowest BCUT2D eigenvalue weighted by Gasteiger charge is -2.16. The molecule has 118 valence electrons. The molecular formula is C18H17FN2O2. The van der Waals surface area contributed by atoms with Gasteiger partial charge in [0.1, 0.15) is 5.82 Å². The Morgan fingerprint density at radius 3 is 2.57 bits per heavy atom. The fraction of sp³-hybridized carbons (Fsp3) is 0.222. The number of anilines is 2. The van der Waals surface area contributed by atoms with E-state index < -0.39 is 17.1 Å². The molecule has 0 aliphatic carbocycles. The SMILES string of the molecule is CN1C(=O)C(C)(C)c2cc(C(=O)Nc3ccccc3F)ccc21. The quantitative estimate of drug-likeness (QED) is 0.924. The van der Waals surface area contributed by atoms with E-state index in [1.807, 2.05) is 13.8 Å². The molecule has 3 rings (SSSR count). The van der Waals surface area contributed by atoms with Crippen molar-refractivity contribution >= 4 is 23.2 Å². The van der Waals surface area contributed by atoms with E-state index in [9.17, 15) is 14.0 Å². The zero-order chi connectivity index (χ0) is 16.8. The number of carbonyl (C=O) groups is 2. The number of rotatable bonds is 2. The molecule has 0 radical (unpaired) electrons. The van der Waals surface area contributed by atoms with Gasteiger partial charge in [-0.1, -0.05) is 12.1 Å². The van der Waals surface area contributed by atoms with E-state index in [2.05, 4.69) is 5.32 Å². The number of fused-ring (bicyclic) bond motifs is 1. The maximum Gasteiger partial charge on any atom is 0.255 e. The van der Waals surface area contributed by atoms with Gasteiger partial charge in [-0.3, -0.25) is 9.59 Å². The maximum absolute atomic E-state index is 13.6. The van der Waals surface area contributed by atoms with Crippen molar-refractivity contribution in [3.63, 3.8) is 0 Å². The number of hydrogen-bond donors (Lipinski definition) is 1. The second kappa shape index (κ2) is 5.19. The number of likely N-dealkylation sites (N-methyl/N-ethyl adjacent to an activating group) is 1. The molecule has 4 nitrogen and oxygen atoms in total. The number of nitrogens with zero attached hydrogens (tertiary/aromatic N) is 1. The van der Waals surface area contributed by atoms with E-state index >= 15 is 0 Å². The van der Waals surface area contributed by atoms with Crippen LogP contribution in [0.3, 0.4) is 0 Å². The molecule has 1 heterocycles. The molecule has 0 bridgehead atoms. The van der Waals surface area contributed by atoms with Crippen molar-refractivity contribution in [3.05, 3.63) is 59.4 Å². The normalized spacial score (nSPS) is 15.5. The lowest BCUT2D eigenvalue weighted by Crippen LogP contribution is -2.33. The molecule has 2 aromatic rings. The Morgan fingerprint density at radius 2 is 1.87 bits per heavy atom. The molecule has 23 heavy (non-hydrogen) atoms. The highest BCUT2D eigenvalue weighted by atomic mass is 19.1. The molecule has 0 fully saturated rings. The number of nitrogens with one attached hydrogen (secondary N) is 1. The third-order valence-electron chi connectivity index (χ3n) is 4.25. The average molecular weight is 312 g/mol. The Bertz CT molecular complexity index is 814. The fourth-order valence-electron chi connectivity index (χ4n) is 2.87. The van der Waals surface area contributed by atoms with Gasteiger partial charge >= 0.3 is 0 Å². The van der Waals surface area contributed by atoms with E-state index in [-0.39, 0.29) is 11.6 Å². The van der Waals surface area contributed by atoms with Crippen LogP contribution in [0.15, 0.2) is 42.5 Å². The van der Waals surface area contributed by atoms with Gasteiger partial charge in [-0.15, -0.1) is 0 Å². The van der Waals surface area contributed by atoms with E-state index in [0.717, 1.165) is 11.3 Å². The van der Waals surface area contributed by atoms with Crippen molar-refractivity contribution in [2.45, 2.75) is 19.3 Å². The van der Waals surface area contributed by atoms with E-state index in [1.165, 1.54) is 12.1 Å². The number of carbonyl (C=O) groups excluding carboxylic acids is 2. The summed E-state index contributed by atoms with van der Waals surface area (Å²) in [7, 11) is 1.72. The summed E-state index contributed by atoms with van der Waals surface area (Å²) in [5, 5.41) is 2.55. The molecule has 0 spiro atoms. The molecular weight excluding hydrogens is 295 g/mol. The molecule has 2 aromatic carbocycles. The Kier molecular flexibility index (Phi) is 3.43. The number of amides is 2. The number of halogens is 1. The van der Waals surface area contributed by atoms with Gasteiger partial charge in [-0.2, -0.15) is 0 Å². The van der Waals surface area contributed by atoms with Gasteiger partial charge < -0.3 is 10.2 Å². The molecule has 1 aliphatic rings. The third kappa shape index (κ3) is 2.38. The maximum atomic E-state index is 13.6. The number of para-hydroxylation sites is 1. The van der Waals surface area contributed by atoms with Crippen molar-refractivity contribution in [3.8, 4) is 0 Å². The van der Waals surface area contributed by atoms with Crippen LogP contribution in [0.4, 0.5) is 15.8 Å². The van der Waals surface area contributed by atoms with Crippen LogP contribution in [-0.4, -0.2) is 18.9 Å². The summed E-state index contributed by atoms with van der Waals surface area (Å²) in [6, 6.07) is 11.1. The van der Waals surface area contributed by atoms with E-state index in [4.69, 9.17) is 0 Å². The van der Waals surface area contributed by atoms with Crippen LogP contribution in [0, 0.1) is 5.82 Å². The molecule has 0 atom stereocenters. The van der Waals surface area contributed by atoms with Crippen LogP contribution in [-0.2, 0) is 10.2 Å². The monoisotopic (exact) mass is 312 g/mol. The van der Waals surface area contributed by atoms with Gasteiger partial charge in [0.15, 0.2) is 0 Å². The van der Waals surface area contributed by atoms with Crippen LogP contribution < -0.4 is 10.2 Å². The van der Waals surface area contributed by atoms with Crippen LogP contribution >= 0.6 is 0 Å². The predicted molar refractivity (Wildman–Crippen MR) is 87.2 cm³/mol. The molecule has 0 saturated heterocycles. The average Bonchev–Trinajstić information content (AvgIpc) is 2.70. The van der Waals surface area contributed by atoms with Crippen LogP contribution in [0.2, 0.25) is 0 Å². The standard InChI is InChI=1S/C18H17FN2O2/c1-18(2)12-10-11(8-9-15(12)21(3)17(18)23)16(22)20-14-7-5-4-6-13(14)19/h4-10H,1-3H3,(H,20,22). The largest absolute Gasteiger partial charge is 0.319 e. The minimum absolute atomic E-state index is 0.0147. The van der Waals surface area contributed by atoms with Crippen LogP contribution in [0.5, 0.6) is 0 Å². The van der Waals surface area contributed by atoms with Crippen LogP contribution in [0.25, 0.3) is 0 Å². The lowest BCUT2D eigenvalue weighted by atomic mass is 9.85. The number of hydrogen-bond acceptors (Lipinski definition) is 2.